The number of allylic oxidation sites excluding steroid dienone is 2. The summed E-state index contributed by atoms with van der Waals surface area (Å²) >= 11 is 1.14. The minimum absolute atomic E-state index is 0.166. The van der Waals surface area contributed by atoms with Crippen LogP contribution in [0.3, 0.4) is 0 Å². The van der Waals surface area contributed by atoms with Crippen molar-refractivity contribution in [2.75, 3.05) is 0 Å². The summed E-state index contributed by atoms with van der Waals surface area (Å²) < 4.78 is 6.40. The topological polar surface area (TPSA) is 111 Å². The number of carbonyl (C=O) groups is 3. The first-order valence-electron chi connectivity index (χ1n) is 8.91. The van der Waals surface area contributed by atoms with Gasteiger partial charge in [-0.05, 0) is 26.7 Å². The highest BCUT2D eigenvalue weighted by Crippen LogP contribution is 2.36. The van der Waals surface area contributed by atoms with E-state index in [1.165, 1.54) is 13.0 Å². The van der Waals surface area contributed by atoms with Gasteiger partial charge in [0.05, 0.1) is 11.8 Å². The summed E-state index contributed by atoms with van der Waals surface area (Å²) in [5.74, 6) is -2.12. The number of rotatable bonds is 4. The molecule has 0 saturated carbocycles. The first kappa shape index (κ1) is 18.5. The van der Waals surface area contributed by atoms with Crippen LogP contribution < -0.4 is 5.56 Å². The van der Waals surface area contributed by atoms with Crippen molar-refractivity contribution in [3.05, 3.63) is 39.3 Å². The predicted molar refractivity (Wildman–Crippen MR) is 98.3 cm³/mol. The lowest BCUT2D eigenvalue weighted by molar-refractivity contribution is -0.159. The Morgan fingerprint density at radius 2 is 1.89 bits per heavy atom. The van der Waals surface area contributed by atoms with Gasteiger partial charge in [-0.1, -0.05) is 23.5 Å². The second-order valence-electron chi connectivity index (χ2n) is 6.91. The van der Waals surface area contributed by atoms with Crippen LogP contribution in [-0.2, 0) is 25.7 Å². The number of nitrogens with zero attached hydrogens (tertiary/aromatic N) is 4. The first-order valence-corrected chi connectivity index (χ1v) is 9.73. The van der Waals surface area contributed by atoms with Gasteiger partial charge in [-0.3, -0.25) is 19.3 Å². The Hall–Kier alpha value is -2.88. The average Bonchev–Trinajstić information content (AvgIpc) is 3.19. The molecule has 146 valence electrons. The molecule has 0 N–H and O–H groups in total. The molecule has 1 aliphatic carbocycles. The predicted octanol–water partition coefficient (Wildman–Crippen LogP) is 0.842. The number of carbonyl (C=O) groups excluding carboxylic acids is 3. The van der Waals surface area contributed by atoms with E-state index >= 15 is 0 Å². The molecule has 1 aliphatic heterocycles. The molecule has 10 heteroatoms. The van der Waals surface area contributed by atoms with Crippen molar-refractivity contribution < 1.29 is 19.1 Å². The maximum absolute atomic E-state index is 12.6. The minimum atomic E-state index is -1.01. The lowest BCUT2D eigenvalue weighted by Crippen LogP contribution is -2.44. The molecule has 1 saturated heterocycles. The quantitative estimate of drug-likeness (QED) is 0.423. The number of aryl methyl sites for hydroxylation is 1. The van der Waals surface area contributed by atoms with Crippen molar-refractivity contribution >= 4 is 34.1 Å². The van der Waals surface area contributed by atoms with Crippen LogP contribution in [0.4, 0.5) is 0 Å². The molecule has 0 unspecified atom stereocenters. The summed E-state index contributed by atoms with van der Waals surface area (Å²) in [5.41, 5.74) is 0.266. The van der Waals surface area contributed by atoms with Crippen molar-refractivity contribution in [1.29, 1.82) is 0 Å². The third kappa shape index (κ3) is 3.03. The number of aromatic nitrogens is 3. The highest BCUT2D eigenvalue weighted by Gasteiger charge is 2.50. The average molecular weight is 402 g/mol. The summed E-state index contributed by atoms with van der Waals surface area (Å²) in [7, 11) is 0. The van der Waals surface area contributed by atoms with Crippen LogP contribution in [0.1, 0.15) is 30.5 Å². The largest absolute Gasteiger partial charge is 0.457 e. The lowest BCUT2D eigenvalue weighted by atomic mass is 9.85. The number of fused-ring (bicyclic) bond motifs is 2. The van der Waals surface area contributed by atoms with Gasteiger partial charge in [-0.15, -0.1) is 0 Å². The number of amides is 2. The van der Waals surface area contributed by atoms with Gasteiger partial charge in [0.1, 0.15) is 12.6 Å². The van der Waals surface area contributed by atoms with Gasteiger partial charge in [0.25, 0.3) is 5.56 Å². The molecule has 3 heterocycles. The molecule has 9 nitrogen and oxygen atoms in total. The van der Waals surface area contributed by atoms with Crippen molar-refractivity contribution in [2.24, 2.45) is 11.8 Å². The number of imide groups is 1. The Balaban J connectivity index is 1.45. The molecule has 0 bridgehead atoms. The summed E-state index contributed by atoms with van der Waals surface area (Å²) in [5, 5.41) is 4.49. The van der Waals surface area contributed by atoms with Gasteiger partial charge in [0.2, 0.25) is 16.8 Å². The number of hydrogen-bond acceptors (Lipinski definition) is 8. The maximum Gasteiger partial charge on any atom is 0.329 e. The number of hydrogen-bond donors (Lipinski definition) is 0. The van der Waals surface area contributed by atoms with Crippen LogP contribution in [0.5, 0.6) is 0 Å². The molecule has 28 heavy (non-hydrogen) atoms. The number of ether oxygens (including phenoxy) is 1. The fraction of sp³-hybridized carbons (Fsp3) is 0.444. The van der Waals surface area contributed by atoms with Gasteiger partial charge in [0, 0.05) is 11.8 Å². The van der Waals surface area contributed by atoms with Gasteiger partial charge < -0.3 is 4.74 Å². The van der Waals surface area contributed by atoms with E-state index in [1.807, 2.05) is 12.2 Å². The lowest BCUT2D eigenvalue weighted by Gasteiger charge is -2.21. The molecule has 2 aromatic heterocycles. The normalized spacial score (nSPS) is 22.6. The van der Waals surface area contributed by atoms with E-state index in [0.717, 1.165) is 20.8 Å². The molecule has 0 aromatic carbocycles. The van der Waals surface area contributed by atoms with Gasteiger partial charge in [0.15, 0.2) is 5.01 Å². The summed E-state index contributed by atoms with van der Waals surface area (Å²) in [6.45, 7) is 3.02. The molecule has 0 spiro atoms. The van der Waals surface area contributed by atoms with E-state index in [9.17, 15) is 19.2 Å². The fourth-order valence-corrected chi connectivity index (χ4v) is 4.44. The van der Waals surface area contributed by atoms with Gasteiger partial charge in [-0.2, -0.15) is 9.61 Å². The van der Waals surface area contributed by atoms with Crippen LogP contribution in [-0.4, -0.2) is 43.3 Å². The molecule has 2 aliphatic rings. The third-order valence-electron chi connectivity index (χ3n) is 5.02. The minimum Gasteiger partial charge on any atom is -0.457 e. The third-order valence-corrected chi connectivity index (χ3v) is 5.90. The van der Waals surface area contributed by atoms with Gasteiger partial charge >= 0.3 is 5.97 Å². The van der Waals surface area contributed by atoms with Crippen LogP contribution >= 0.6 is 11.3 Å². The van der Waals surface area contributed by atoms with Crippen LogP contribution in [0, 0.1) is 18.8 Å². The Bertz CT molecular complexity index is 1050. The molecule has 2 aromatic rings. The second-order valence-corrected chi connectivity index (χ2v) is 7.95. The Morgan fingerprint density at radius 1 is 1.25 bits per heavy atom. The monoisotopic (exact) mass is 402 g/mol. The maximum atomic E-state index is 12.6. The van der Waals surface area contributed by atoms with E-state index in [-0.39, 0.29) is 24.0 Å². The zero-order valence-electron chi connectivity index (χ0n) is 15.3. The molecule has 0 radical (unpaired) electrons. The molecule has 1 fully saturated rings. The van der Waals surface area contributed by atoms with Crippen molar-refractivity contribution in [3.8, 4) is 0 Å². The number of likely N-dealkylation sites (tertiary alicyclic amines) is 1. The Labute approximate surface area is 163 Å². The van der Waals surface area contributed by atoms with Crippen LogP contribution in [0.2, 0.25) is 0 Å². The summed E-state index contributed by atoms with van der Waals surface area (Å²) in [6.07, 6.45) is 4.81. The first-order chi connectivity index (χ1) is 13.4. The van der Waals surface area contributed by atoms with Crippen molar-refractivity contribution in [2.45, 2.75) is 39.3 Å². The molecule has 3 atom stereocenters. The van der Waals surface area contributed by atoms with E-state index in [0.29, 0.717) is 28.5 Å². The smallest absolute Gasteiger partial charge is 0.329 e. The van der Waals surface area contributed by atoms with Crippen LogP contribution in [0.15, 0.2) is 23.0 Å². The highest BCUT2D eigenvalue weighted by molar-refractivity contribution is 7.16. The molecular formula is C18H18N4O5S. The molecule has 2 amide bonds. The fourth-order valence-electron chi connectivity index (χ4n) is 3.58. The molecular weight excluding hydrogens is 384 g/mol. The van der Waals surface area contributed by atoms with Crippen molar-refractivity contribution in [3.63, 3.8) is 0 Å². The van der Waals surface area contributed by atoms with Gasteiger partial charge in [-0.25, -0.2) is 9.78 Å². The molecule has 4 rings (SSSR count). The SMILES string of the molecule is Cc1cc(=O)n2nc(COC(=O)[C@H](C)N3C(=O)[C@@H]4CC=CC[C@H]4C3=O)sc2n1. The van der Waals surface area contributed by atoms with Crippen LogP contribution in [0.25, 0.3) is 4.96 Å². The van der Waals surface area contributed by atoms with Crippen molar-refractivity contribution in [1.82, 2.24) is 19.5 Å². The Morgan fingerprint density at radius 3 is 2.54 bits per heavy atom. The van der Waals surface area contributed by atoms with E-state index < -0.39 is 23.8 Å². The van der Waals surface area contributed by atoms with E-state index in [4.69, 9.17) is 4.74 Å². The summed E-state index contributed by atoms with van der Waals surface area (Å²) in [6, 6.07) is 0.354. The standard InChI is InChI=1S/C18H18N4O5S/c1-9-7-14(23)22-18(19-9)28-13(20-22)8-27-17(26)10(2)21-15(24)11-5-3-4-6-12(11)16(21)25/h3-4,7,10-12H,5-6,8H2,1-2H3/t10-,11+,12+/m0/s1. The zero-order chi connectivity index (χ0) is 20.0. The Kier molecular flexibility index (Phi) is 4.58. The van der Waals surface area contributed by atoms with E-state index in [1.54, 1.807) is 6.92 Å². The summed E-state index contributed by atoms with van der Waals surface area (Å²) in [4.78, 5) is 55.1. The highest BCUT2D eigenvalue weighted by atomic mass is 32.1. The number of esters is 1. The zero-order valence-corrected chi connectivity index (χ0v) is 16.1. The van der Waals surface area contributed by atoms with E-state index in [2.05, 4.69) is 10.1 Å². The second kappa shape index (κ2) is 6.93.